The van der Waals surface area contributed by atoms with Crippen LogP contribution in [-0.2, 0) is 6.54 Å². The summed E-state index contributed by atoms with van der Waals surface area (Å²) in [7, 11) is 0. The zero-order chi connectivity index (χ0) is 15.5. The van der Waals surface area contributed by atoms with Crippen molar-refractivity contribution in [1.29, 1.82) is 0 Å². The first-order valence-electron chi connectivity index (χ1n) is 7.41. The number of hydrogen-bond acceptors (Lipinski definition) is 2. The smallest absolute Gasteiger partial charge is 0.191 e. The van der Waals surface area contributed by atoms with Crippen LogP contribution in [0.2, 0.25) is 0 Å². The van der Waals surface area contributed by atoms with Crippen molar-refractivity contribution in [3.8, 4) is 5.75 Å². The van der Waals surface area contributed by atoms with E-state index in [1.54, 1.807) is 0 Å². The van der Waals surface area contributed by atoms with Crippen LogP contribution in [0.15, 0.2) is 24.3 Å². The molecule has 0 aromatic heterocycles. The van der Waals surface area contributed by atoms with Crippen molar-refractivity contribution in [2.75, 3.05) is 0 Å². The van der Waals surface area contributed by atoms with Gasteiger partial charge in [0.25, 0.3) is 0 Å². The van der Waals surface area contributed by atoms with Crippen LogP contribution in [-0.4, -0.2) is 11.6 Å². The van der Waals surface area contributed by atoms with Crippen LogP contribution in [0.5, 0.6) is 5.75 Å². The first kappa shape index (κ1) is 16.0. The summed E-state index contributed by atoms with van der Waals surface area (Å²) in [6, 6.07) is 2.67. The molecular weight excluding hydrogens is 272 g/mol. The molecule has 1 aromatic rings. The molecule has 0 radical (unpaired) electrons. The fraction of sp³-hybridized carbons (Fsp3) is 0.529. The van der Waals surface area contributed by atoms with E-state index in [1.807, 2.05) is 32.9 Å². The lowest BCUT2D eigenvalue weighted by atomic mass is 10.1. The topological polar surface area (TPSA) is 21.3 Å². The van der Waals surface area contributed by atoms with Crippen molar-refractivity contribution in [2.24, 2.45) is 0 Å². The molecule has 1 unspecified atom stereocenters. The number of hydrogen-bond donors (Lipinski definition) is 1. The third kappa shape index (κ3) is 4.81. The molecule has 21 heavy (non-hydrogen) atoms. The lowest BCUT2D eigenvalue weighted by Crippen LogP contribution is -2.35. The Morgan fingerprint density at radius 1 is 1.24 bits per heavy atom. The average molecular weight is 295 g/mol. The van der Waals surface area contributed by atoms with Gasteiger partial charge in [0, 0.05) is 12.1 Å². The van der Waals surface area contributed by atoms with Crippen LogP contribution in [0.1, 0.15) is 45.6 Å². The molecule has 1 aliphatic rings. The number of allylic oxidation sites excluding steroid dienone is 1. The third-order valence-electron chi connectivity index (χ3n) is 3.36. The number of rotatable bonds is 4. The number of ether oxygens (including phenoxy) is 1. The molecule has 0 heterocycles. The lowest BCUT2D eigenvalue weighted by molar-refractivity contribution is 0.209. The Bertz CT molecular complexity index is 497. The molecule has 0 saturated carbocycles. The van der Waals surface area contributed by atoms with Crippen molar-refractivity contribution in [1.82, 2.24) is 5.32 Å². The molecule has 2 nitrogen and oxygen atoms in total. The molecule has 0 bridgehead atoms. The molecule has 1 aliphatic carbocycles. The zero-order valence-electron chi connectivity index (χ0n) is 12.9. The summed E-state index contributed by atoms with van der Waals surface area (Å²) in [5.41, 5.74) is 0.473. The zero-order valence-corrected chi connectivity index (χ0v) is 12.9. The minimum atomic E-state index is -0.639. The molecule has 0 saturated heterocycles. The van der Waals surface area contributed by atoms with Crippen molar-refractivity contribution in [2.45, 2.75) is 58.2 Å². The van der Waals surface area contributed by atoms with Crippen molar-refractivity contribution in [3.05, 3.63) is 41.5 Å². The van der Waals surface area contributed by atoms with E-state index < -0.39 is 11.6 Å². The molecule has 116 valence electrons. The molecule has 1 atom stereocenters. The minimum Gasteiger partial charge on any atom is -0.480 e. The molecule has 0 aliphatic heterocycles. The van der Waals surface area contributed by atoms with E-state index in [-0.39, 0.29) is 17.4 Å². The summed E-state index contributed by atoms with van der Waals surface area (Å²) >= 11 is 0. The summed E-state index contributed by atoms with van der Waals surface area (Å²) < 4.78 is 33.6. The standard InChI is InChI=1S/C17H23F2NO/c1-17(2,3)20-11-12-9-14(18)16(15(19)10-12)21-13-7-5-4-6-8-13/h5,7,9-10,13,20H,4,6,8,11H2,1-3H3. The number of benzene rings is 1. The SMILES string of the molecule is CC(C)(C)NCc1cc(F)c(OC2C=CCCC2)c(F)c1. The van der Waals surface area contributed by atoms with Gasteiger partial charge in [0.2, 0.25) is 0 Å². The monoisotopic (exact) mass is 295 g/mol. The lowest BCUT2D eigenvalue weighted by Gasteiger charge is -2.22. The normalized spacial score (nSPS) is 18.8. The predicted molar refractivity (Wildman–Crippen MR) is 80.4 cm³/mol. The second-order valence-electron chi connectivity index (χ2n) is 6.51. The number of halogens is 2. The maximum Gasteiger partial charge on any atom is 0.191 e. The Morgan fingerprint density at radius 3 is 2.43 bits per heavy atom. The first-order chi connectivity index (χ1) is 9.85. The fourth-order valence-corrected chi connectivity index (χ4v) is 2.22. The van der Waals surface area contributed by atoms with Crippen LogP contribution >= 0.6 is 0 Å². The van der Waals surface area contributed by atoms with E-state index in [0.29, 0.717) is 12.1 Å². The van der Waals surface area contributed by atoms with Gasteiger partial charge in [-0.05, 0) is 63.8 Å². The van der Waals surface area contributed by atoms with Gasteiger partial charge in [-0.1, -0.05) is 6.08 Å². The van der Waals surface area contributed by atoms with E-state index in [4.69, 9.17) is 4.74 Å². The second-order valence-corrected chi connectivity index (χ2v) is 6.51. The summed E-state index contributed by atoms with van der Waals surface area (Å²) in [5.74, 6) is -1.55. The quantitative estimate of drug-likeness (QED) is 0.834. The van der Waals surface area contributed by atoms with Crippen LogP contribution in [0.25, 0.3) is 0 Å². The summed E-state index contributed by atoms with van der Waals surface area (Å²) in [6.45, 7) is 6.44. The van der Waals surface area contributed by atoms with E-state index in [9.17, 15) is 8.78 Å². The van der Waals surface area contributed by atoms with Crippen LogP contribution < -0.4 is 10.1 Å². The van der Waals surface area contributed by atoms with Gasteiger partial charge < -0.3 is 10.1 Å². The fourth-order valence-electron chi connectivity index (χ4n) is 2.22. The largest absolute Gasteiger partial charge is 0.480 e. The highest BCUT2D eigenvalue weighted by Crippen LogP contribution is 2.27. The summed E-state index contributed by atoms with van der Waals surface area (Å²) in [4.78, 5) is 0. The second kappa shape index (κ2) is 6.56. The highest BCUT2D eigenvalue weighted by molar-refractivity contribution is 5.32. The molecule has 0 spiro atoms. The van der Waals surface area contributed by atoms with Crippen LogP contribution in [0.4, 0.5) is 8.78 Å². The molecule has 0 fully saturated rings. The van der Waals surface area contributed by atoms with Gasteiger partial charge in [0.15, 0.2) is 17.4 Å². The van der Waals surface area contributed by atoms with Gasteiger partial charge in [0.1, 0.15) is 6.10 Å². The molecule has 1 aromatic carbocycles. The minimum absolute atomic E-state index is 0.102. The van der Waals surface area contributed by atoms with E-state index in [0.717, 1.165) is 19.3 Å². The Balaban J connectivity index is 2.09. The Morgan fingerprint density at radius 2 is 1.90 bits per heavy atom. The molecule has 0 amide bonds. The molecular formula is C17H23F2NO. The van der Waals surface area contributed by atoms with E-state index >= 15 is 0 Å². The van der Waals surface area contributed by atoms with Gasteiger partial charge in [0.05, 0.1) is 0 Å². The van der Waals surface area contributed by atoms with Crippen molar-refractivity contribution < 1.29 is 13.5 Å². The van der Waals surface area contributed by atoms with Crippen LogP contribution in [0, 0.1) is 11.6 Å². The Hall–Kier alpha value is -1.42. The maximum absolute atomic E-state index is 14.1. The first-order valence-corrected chi connectivity index (χ1v) is 7.41. The molecule has 2 rings (SSSR count). The van der Waals surface area contributed by atoms with E-state index in [1.165, 1.54) is 12.1 Å². The van der Waals surface area contributed by atoms with Crippen molar-refractivity contribution in [3.63, 3.8) is 0 Å². The molecule has 1 N–H and O–H groups in total. The van der Waals surface area contributed by atoms with Crippen LogP contribution in [0.3, 0.4) is 0 Å². The Labute approximate surface area is 125 Å². The average Bonchev–Trinajstić information content (AvgIpc) is 2.41. The van der Waals surface area contributed by atoms with E-state index in [2.05, 4.69) is 5.32 Å². The van der Waals surface area contributed by atoms with Gasteiger partial charge in [-0.25, -0.2) is 8.78 Å². The van der Waals surface area contributed by atoms with Gasteiger partial charge in [-0.3, -0.25) is 0 Å². The predicted octanol–water partition coefficient (Wildman–Crippen LogP) is 4.34. The van der Waals surface area contributed by atoms with Gasteiger partial charge in [-0.2, -0.15) is 0 Å². The summed E-state index contributed by atoms with van der Waals surface area (Å²) in [6.07, 6.45) is 6.41. The highest BCUT2D eigenvalue weighted by Gasteiger charge is 2.18. The van der Waals surface area contributed by atoms with Gasteiger partial charge >= 0.3 is 0 Å². The van der Waals surface area contributed by atoms with Crippen molar-refractivity contribution >= 4 is 0 Å². The summed E-state index contributed by atoms with van der Waals surface area (Å²) in [5, 5.41) is 3.21. The highest BCUT2D eigenvalue weighted by atomic mass is 19.1. The Kier molecular flexibility index (Phi) is 4.99. The molecule has 4 heteroatoms. The van der Waals surface area contributed by atoms with Gasteiger partial charge in [-0.15, -0.1) is 0 Å². The number of nitrogens with one attached hydrogen (secondary N) is 1. The maximum atomic E-state index is 14.1. The third-order valence-corrected chi connectivity index (χ3v) is 3.36.